The van der Waals surface area contributed by atoms with Crippen LogP contribution in [0.1, 0.15) is 25.5 Å². The highest BCUT2D eigenvalue weighted by molar-refractivity contribution is 5.99. The topological polar surface area (TPSA) is 106 Å². The largest absolute Gasteiger partial charge is 0.497 e. The molecule has 0 unspecified atom stereocenters. The Morgan fingerprint density at radius 3 is 2.50 bits per heavy atom. The molecule has 8 heteroatoms. The second kappa shape index (κ2) is 6.25. The van der Waals surface area contributed by atoms with Gasteiger partial charge in [0.05, 0.1) is 13.2 Å². The Morgan fingerprint density at radius 2 is 2.00 bits per heavy atom. The minimum atomic E-state index is -0.799. The number of carbonyl (C=O) groups excluding carboxylic acids is 1. The molecule has 0 aliphatic carbocycles. The minimum Gasteiger partial charge on any atom is -0.497 e. The second-order valence-electron chi connectivity index (χ2n) is 4.76. The summed E-state index contributed by atoms with van der Waals surface area (Å²) in [6, 6.07) is 6.60. The number of methoxy groups -OCH3 is 1. The van der Waals surface area contributed by atoms with Crippen LogP contribution in [0.4, 0.5) is 0 Å². The van der Waals surface area contributed by atoms with Gasteiger partial charge in [-0.25, -0.2) is 10.1 Å². The van der Waals surface area contributed by atoms with Gasteiger partial charge < -0.3 is 15.4 Å². The number of nitrogens with one attached hydrogen (secondary N) is 2. The van der Waals surface area contributed by atoms with Gasteiger partial charge in [0.1, 0.15) is 10.9 Å². The number of benzene rings is 1. The van der Waals surface area contributed by atoms with Gasteiger partial charge in [-0.1, -0.05) is 12.1 Å². The van der Waals surface area contributed by atoms with Gasteiger partial charge in [-0.05, 0) is 31.5 Å². The summed E-state index contributed by atoms with van der Waals surface area (Å²) in [5.74, 6) is 0.550. The molecule has 0 bridgehead atoms. The third kappa shape index (κ3) is 3.22. The Kier molecular flexibility index (Phi) is 4.40. The van der Waals surface area contributed by atoms with Crippen LogP contribution in [0.3, 0.4) is 0 Å². The zero-order chi connectivity index (χ0) is 16.3. The summed E-state index contributed by atoms with van der Waals surface area (Å²) >= 11 is 0. The first-order valence-electron chi connectivity index (χ1n) is 6.54. The predicted octanol–water partition coefficient (Wildman–Crippen LogP) is 1.34. The zero-order valence-electron chi connectivity index (χ0n) is 12.4. The van der Waals surface area contributed by atoms with E-state index in [-0.39, 0.29) is 11.7 Å². The summed E-state index contributed by atoms with van der Waals surface area (Å²) in [5.41, 5.74) is 1.82. The molecule has 0 saturated carbocycles. The van der Waals surface area contributed by atoms with Crippen molar-refractivity contribution in [1.82, 2.24) is 10.6 Å². The number of allylic oxidation sites excluding steroid dienone is 1. The SMILES string of the molecule is COc1ccc([C@@H]2N/C(=N/[N+](=O)[O-])NC(C)=C2C(C)=O)cc1. The first kappa shape index (κ1) is 15.5. The highest BCUT2D eigenvalue weighted by atomic mass is 16.7. The summed E-state index contributed by atoms with van der Waals surface area (Å²) in [5, 5.41) is 18.6. The molecule has 0 aromatic heterocycles. The lowest BCUT2D eigenvalue weighted by Crippen LogP contribution is -2.46. The molecule has 0 radical (unpaired) electrons. The molecule has 0 amide bonds. The molecule has 1 aromatic carbocycles. The lowest BCUT2D eigenvalue weighted by Gasteiger charge is -2.29. The number of hydrogen-bond donors (Lipinski definition) is 2. The molecule has 22 heavy (non-hydrogen) atoms. The van der Waals surface area contributed by atoms with E-state index in [1.165, 1.54) is 6.92 Å². The second-order valence-corrected chi connectivity index (χ2v) is 4.76. The smallest absolute Gasteiger partial charge is 0.273 e. The van der Waals surface area contributed by atoms with E-state index in [1.807, 2.05) is 0 Å². The van der Waals surface area contributed by atoms with E-state index >= 15 is 0 Å². The molecule has 2 N–H and O–H groups in total. The first-order valence-corrected chi connectivity index (χ1v) is 6.54. The molecular weight excluding hydrogens is 288 g/mol. The molecule has 1 aliphatic rings. The number of guanidine groups is 1. The maximum absolute atomic E-state index is 11.9. The van der Waals surface area contributed by atoms with Gasteiger partial charge in [0.15, 0.2) is 10.8 Å². The van der Waals surface area contributed by atoms with Crippen molar-refractivity contribution in [1.29, 1.82) is 0 Å². The molecule has 0 spiro atoms. The van der Waals surface area contributed by atoms with Gasteiger partial charge in [-0.2, -0.15) is 0 Å². The number of ether oxygens (including phenoxy) is 1. The fourth-order valence-electron chi connectivity index (χ4n) is 2.36. The third-order valence-electron chi connectivity index (χ3n) is 3.29. The summed E-state index contributed by atoms with van der Waals surface area (Å²) in [4.78, 5) is 22.5. The molecule has 0 fully saturated rings. The maximum atomic E-state index is 11.9. The highest BCUT2D eigenvalue weighted by Crippen LogP contribution is 2.28. The molecule has 8 nitrogen and oxygen atoms in total. The van der Waals surface area contributed by atoms with Gasteiger partial charge in [0.2, 0.25) is 0 Å². The van der Waals surface area contributed by atoms with Crippen LogP contribution >= 0.6 is 0 Å². The molecular formula is C14H16N4O4. The van der Waals surface area contributed by atoms with E-state index < -0.39 is 11.1 Å². The molecule has 2 rings (SSSR count). The van der Waals surface area contributed by atoms with Crippen molar-refractivity contribution in [3.63, 3.8) is 0 Å². The lowest BCUT2D eigenvalue weighted by molar-refractivity contribution is -0.485. The van der Waals surface area contributed by atoms with Crippen molar-refractivity contribution in [2.45, 2.75) is 19.9 Å². The molecule has 116 valence electrons. The van der Waals surface area contributed by atoms with Gasteiger partial charge >= 0.3 is 0 Å². The van der Waals surface area contributed by atoms with Crippen molar-refractivity contribution in [3.05, 3.63) is 51.2 Å². The van der Waals surface area contributed by atoms with Crippen molar-refractivity contribution < 1.29 is 14.6 Å². The summed E-state index contributed by atoms with van der Waals surface area (Å²) in [6.07, 6.45) is 0. The summed E-state index contributed by atoms with van der Waals surface area (Å²) in [7, 11) is 1.56. The maximum Gasteiger partial charge on any atom is 0.273 e. The van der Waals surface area contributed by atoms with Crippen LogP contribution in [0.15, 0.2) is 40.6 Å². The van der Waals surface area contributed by atoms with Gasteiger partial charge in [0.25, 0.3) is 5.96 Å². The van der Waals surface area contributed by atoms with E-state index in [0.29, 0.717) is 17.0 Å². The zero-order valence-corrected chi connectivity index (χ0v) is 12.4. The van der Waals surface area contributed by atoms with Crippen LogP contribution in [-0.4, -0.2) is 23.9 Å². The minimum absolute atomic E-state index is 0.00619. The number of hydrazone groups is 1. The quantitative estimate of drug-likeness (QED) is 0.642. The number of nitro groups is 1. The number of hydrogen-bond acceptors (Lipinski definition) is 4. The average Bonchev–Trinajstić information content (AvgIpc) is 2.45. The molecule has 0 saturated heterocycles. The highest BCUT2D eigenvalue weighted by Gasteiger charge is 2.29. The van der Waals surface area contributed by atoms with E-state index in [9.17, 15) is 14.9 Å². The number of nitrogens with zero attached hydrogens (tertiary/aromatic N) is 2. The number of Topliss-reactive ketones (excluding diaryl/α,β-unsaturated/α-hetero) is 1. The molecule has 1 heterocycles. The van der Waals surface area contributed by atoms with Crippen LogP contribution in [-0.2, 0) is 4.79 Å². The fraction of sp³-hybridized carbons (Fsp3) is 0.286. The molecule has 1 aromatic rings. The number of ketones is 1. The lowest BCUT2D eigenvalue weighted by atomic mass is 9.93. The van der Waals surface area contributed by atoms with Crippen molar-refractivity contribution in [2.24, 2.45) is 5.10 Å². The fourth-order valence-corrected chi connectivity index (χ4v) is 2.36. The van der Waals surface area contributed by atoms with Gasteiger partial charge in [-0.15, -0.1) is 0 Å². The van der Waals surface area contributed by atoms with Crippen molar-refractivity contribution in [3.8, 4) is 5.75 Å². The van der Waals surface area contributed by atoms with E-state index in [4.69, 9.17) is 4.74 Å². The van der Waals surface area contributed by atoms with Crippen LogP contribution in [0.25, 0.3) is 0 Å². The van der Waals surface area contributed by atoms with E-state index in [1.54, 1.807) is 38.3 Å². The predicted molar refractivity (Wildman–Crippen MR) is 79.8 cm³/mol. The van der Waals surface area contributed by atoms with Crippen LogP contribution < -0.4 is 15.4 Å². The van der Waals surface area contributed by atoms with Crippen LogP contribution in [0, 0.1) is 10.1 Å². The Hall–Kier alpha value is -2.90. The van der Waals surface area contributed by atoms with Crippen molar-refractivity contribution >= 4 is 11.7 Å². The van der Waals surface area contributed by atoms with Gasteiger partial charge in [0, 0.05) is 11.3 Å². The number of carbonyl (C=O) groups is 1. The van der Waals surface area contributed by atoms with Crippen LogP contribution in [0.2, 0.25) is 0 Å². The average molecular weight is 304 g/mol. The molecule has 1 atom stereocenters. The number of rotatable bonds is 4. The van der Waals surface area contributed by atoms with Crippen molar-refractivity contribution in [2.75, 3.05) is 7.11 Å². The normalized spacial score (nSPS) is 19.4. The summed E-state index contributed by atoms with van der Waals surface area (Å²) in [6.45, 7) is 3.14. The van der Waals surface area contributed by atoms with Gasteiger partial charge in [-0.3, -0.25) is 4.79 Å². The van der Waals surface area contributed by atoms with Crippen LogP contribution in [0.5, 0.6) is 5.75 Å². The van der Waals surface area contributed by atoms with E-state index in [2.05, 4.69) is 15.7 Å². The van der Waals surface area contributed by atoms with E-state index in [0.717, 1.165) is 5.56 Å². The third-order valence-corrected chi connectivity index (χ3v) is 3.29. The monoisotopic (exact) mass is 304 g/mol. The first-order chi connectivity index (χ1) is 10.4. The summed E-state index contributed by atoms with van der Waals surface area (Å²) < 4.78 is 5.10. The Morgan fingerprint density at radius 1 is 1.36 bits per heavy atom. The Bertz CT molecular complexity index is 664. The standard InChI is InChI=1S/C14H16N4O4/c1-8-12(9(2)19)13(16-14(15-8)17-18(20)21)10-4-6-11(22-3)7-5-10/h4-7,13H,1-3H3,(H2,15,16,17)/t13-/m0/s1. The molecule has 1 aliphatic heterocycles. The Labute approximate surface area is 127 Å². The Balaban J connectivity index is 2.45.